The van der Waals surface area contributed by atoms with Gasteiger partial charge in [-0.05, 0) is 107 Å². The molecule has 0 spiro atoms. The first-order chi connectivity index (χ1) is 30.7. The fraction of sp³-hybridized carbons (Fsp3) is 0.745. The number of fused-ring (bicyclic) bond motifs is 3. The number of rotatable bonds is 6. The molecule has 1 amide bonds. The molecule has 0 aromatic carbocycles. The summed E-state index contributed by atoms with van der Waals surface area (Å²) in [5, 5.41) is 33.8. The lowest BCUT2D eigenvalue weighted by atomic mass is 9.78. The Morgan fingerprint density at radius 2 is 1.57 bits per heavy atom. The summed E-state index contributed by atoms with van der Waals surface area (Å²) in [5.41, 5.74) is 1.27. The van der Waals surface area contributed by atoms with Crippen molar-refractivity contribution in [3.63, 3.8) is 0 Å². The zero-order valence-corrected chi connectivity index (χ0v) is 40.6. The molecule has 2 bridgehead atoms. The average molecular weight is 914 g/mol. The van der Waals surface area contributed by atoms with Crippen molar-refractivity contribution in [3.8, 4) is 0 Å². The summed E-state index contributed by atoms with van der Waals surface area (Å²) in [4.78, 5) is 71.8. The number of aliphatic hydroxyl groups excluding tert-OH is 2. The highest BCUT2D eigenvalue weighted by Crippen LogP contribution is 2.38. The maximum absolute atomic E-state index is 14.4. The Morgan fingerprint density at radius 3 is 2.25 bits per heavy atom. The second-order valence-electron chi connectivity index (χ2n) is 19.6. The van der Waals surface area contributed by atoms with Gasteiger partial charge in [-0.25, -0.2) is 4.79 Å². The highest BCUT2D eigenvalue weighted by Gasteiger charge is 2.53. The molecule has 0 aromatic rings. The van der Waals surface area contributed by atoms with E-state index in [9.17, 15) is 39.3 Å². The van der Waals surface area contributed by atoms with Crippen molar-refractivity contribution in [2.75, 3.05) is 27.9 Å². The molecular weight excluding hydrogens is 835 g/mol. The maximum atomic E-state index is 14.4. The number of aliphatic hydroxyl groups is 3. The van der Waals surface area contributed by atoms with Gasteiger partial charge in [0.1, 0.15) is 30.1 Å². The SMILES string of the molecule is CO[C@H]1C[C@@H]2CCC(C)C(O)(O2)C(=O)C(=O)N2CCCCC2C(=O)O[C@H]([C@H](C)CC2CCC(O)[C@H](OC)C2)CC(=O)C(C)/C=C(\C)C(O)[C@@H](OC)C(=O)C(C)C[C@H](C)/C=C/C=C/C=C/1C. The molecule has 366 valence electrons. The van der Waals surface area contributed by atoms with Gasteiger partial charge >= 0.3 is 5.97 Å². The number of piperidine rings is 1. The number of ether oxygens (including phenoxy) is 5. The monoisotopic (exact) mass is 914 g/mol. The zero-order valence-electron chi connectivity index (χ0n) is 40.6. The average Bonchev–Trinajstić information content (AvgIpc) is 3.28. The zero-order chi connectivity index (χ0) is 48.2. The van der Waals surface area contributed by atoms with Crippen molar-refractivity contribution >= 4 is 29.2 Å². The molecule has 0 aromatic heterocycles. The summed E-state index contributed by atoms with van der Waals surface area (Å²) in [5.74, 6) is -7.96. The second kappa shape index (κ2) is 25.1. The van der Waals surface area contributed by atoms with Crippen LogP contribution in [0.2, 0.25) is 0 Å². The van der Waals surface area contributed by atoms with Crippen LogP contribution in [-0.2, 0) is 47.7 Å². The van der Waals surface area contributed by atoms with Gasteiger partial charge in [-0.3, -0.25) is 19.2 Å². The number of Topliss-reactive ketones (excluding diaryl/α,β-unsaturated/α-hetero) is 3. The third-order valence-corrected chi connectivity index (χ3v) is 14.5. The fourth-order valence-electron chi connectivity index (χ4n) is 10.1. The largest absolute Gasteiger partial charge is 0.460 e. The number of nitrogens with zero attached hydrogens (tertiary/aromatic N) is 1. The van der Waals surface area contributed by atoms with E-state index in [1.54, 1.807) is 41.1 Å². The normalized spacial score (nSPS) is 40.4. The smallest absolute Gasteiger partial charge is 0.329 e. The van der Waals surface area contributed by atoms with E-state index in [1.807, 2.05) is 58.1 Å². The first-order valence-electron chi connectivity index (χ1n) is 23.9. The minimum absolute atomic E-state index is 0.0193. The Kier molecular flexibility index (Phi) is 21.0. The number of amides is 1. The molecule has 1 saturated carbocycles. The summed E-state index contributed by atoms with van der Waals surface area (Å²) >= 11 is 0. The third kappa shape index (κ3) is 14.3. The molecule has 4 aliphatic rings. The predicted octanol–water partition coefficient (Wildman–Crippen LogP) is 6.18. The number of hydrogen-bond donors (Lipinski definition) is 3. The van der Waals surface area contributed by atoms with Gasteiger partial charge in [-0.2, -0.15) is 0 Å². The molecule has 3 N–H and O–H groups in total. The van der Waals surface area contributed by atoms with Crippen LogP contribution in [0.25, 0.3) is 0 Å². The van der Waals surface area contributed by atoms with Crippen LogP contribution in [0.15, 0.2) is 47.6 Å². The predicted molar refractivity (Wildman–Crippen MR) is 245 cm³/mol. The van der Waals surface area contributed by atoms with Crippen LogP contribution in [0.5, 0.6) is 0 Å². The van der Waals surface area contributed by atoms with Crippen molar-refractivity contribution in [2.45, 2.75) is 180 Å². The molecule has 65 heavy (non-hydrogen) atoms. The molecule has 1 aliphatic carbocycles. The molecule has 2 saturated heterocycles. The summed E-state index contributed by atoms with van der Waals surface area (Å²) < 4.78 is 29.4. The standard InChI is InChI=1S/C51H79NO13/c1-30-16-12-11-13-17-31(2)42(61-8)28-38-21-19-36(7)51(60,65-38)48(57)49(58)52-23-15-14-18-39(52)50(59)64-43(33(4)26-37-20-22-40(53)44(27-37)62-9)29-41(54)32(3)25-35(6)46(56)47(63-10)45(55)34(5)24-30/h11-13,16-17,25,30,32-34,36-40,42-44,46-47,53,56,60H,14-15,18-24,26-29H2,1-10H3/b13-11+,16-12+,31-17+,35-25+/t30-,32?,33-,34?,36?,37?,38+,39?,40?,42+,43+,44-,46?,47+,51?/m1/s1. The first-order valence-corrected chi connectivity index (χ1v) is 23.9. The summed E-state index contributed by atoms with van der Waals surface area (Å²) in [6.45, 7) is 12.7. The Bertz CT molecular complexity index is 1760. The van der Waals surface area contributed by atoms with E-state index in [0.29, 0.717) is 63.4 Å². The molecule has 3 heterocycles. The van der Waals surface area contributed by atoms with E-state index in [0.717, 1.165) is 12.0 Å². The number of carbonyl (C=O) groups is 5. The van der Waals surface area contributed by atoms with E-state index >= 15 is 0 Å². The molecule has 3 aliphatic heterocycles. The van der Waals surface area contributed by atoms with Gasteiger partial charge < -0.3 is 43.9 Å². The molecule has 15 atom stereocenters. The van der Waals surface area contributed by atoms with E-state index in [-0.39, 0.29) is 54.8 Å². The molecular formula is C51H79NO13. The van der Waals surface area contributed by atoms with Crippen LogP contribution in [0.4, 0.5) is 0 Å². The number of methoxy groups -OCH3 is 3. The minimum Gasteiger partial charge on any atom is -0.460 e. The number of hydrogen-bond acceptors (Lipinski definition) is 13. The van der Waals surface area contributed by atoms with Crippen LogP contribution >= 0.6 is 0 Å². The molecule has 3 fully saturated rings. The van der Waals surface area contributed by atoms with Crippen LogP contribution in [0.3, 0.4) is 0 Å². The second-order valence-corrected chi connectivity index (χ2v) is 19.6. The lowest BCUT2D eigenvalue weighted by molar-refractivity contribution is -0.265. The van der Waals surface area contributed by atoms with E-state index in [1.165, 1.54) is 12.0 Å². The summed E-state index contributed by atoms with van der Waals surface area (Å²) in [6.07, 6.45) is 11.2. The number of allylic oxidation sites excluding steroid dienone is 6. The van der Waals surface area contributed by atoms with Crippen molar-refractivity contribution in [2.24, 2.45) is 35.5 Å². The van der Waals surface area contributed by atoms with Crippen LogP contribution in [0.1, 0.15) is 126 Å². The number of esters is 1. The lowest BCUT2D eigenvalue weighted by Crippen LogP contribution is -2.61. The topological polar surface area (TPSA) is 195 Å². The summed E-state index contributed by atoms with van der Waals surface area (Å²) in [7, 11) is 4.52. The van der Waals surface area contributed by atoms with Gasteiger partial charge in [-0.15, -0.1) is 0 Å². The van der Waals surface area contributed by atoms with Crippen molar-refractivity contribution in [1.29, 1.82) is 0 Å². The van der Waals surface area contributed by atoms with E-state index < -0.39 is 83.9 Å². The van der Waals surface area contributed by atoms with Gasteiger partial charge in [0.25, 0.3) is 11.7 Å². The molecule has 14 heteroatoms. The van der Waals surface area contributed by atoms with E-state index in [2.05, 4.69) is 0 Å². The highest BCUT2D eigenvalue weighted by atomic mass is 16.6. The van der Waals surface area contributed by atoms with Gasteiger partial charge in [0.15, 0.2) is 5.78 Å². The quantitative estimate of drug-likeness (QED) is 0.156. The molecule has 0 radical (unpaired) electrons. The molecule has 4 rings (SSSR count). The maximum Gasteiger partial charge on any atom is 0.329 e. The van der Waals surface area contributed by atoms with Crippen molar-refractivity contribution in [3.05, 3.63) is 47.6 Å². The van der Waals surface area contributed by atoms with Gasteiger partial charge in [0.2, 0.25) is 5.79 Å². The Balaban J connectivity index is 1.70. The number of carbonyl (C=O) groups excluding carboxylic acids is 5. The molecule has 14 nitrogen and oxygen atoms in total. The molecule has 8 unspecified atom stereocenters. The fourth-order valence-corrected chi connectivity index (χ4v) is 10.1. The first kappa shape index (κ1) is 54.2. The van der Waals surface area contributed by atoms with Gasteiger partial charge in [-0.1, -0.05) is 71.1 Å². The van der Waals surface area contributed by atoms with Gasteiger partial charge in [0, 0.05) is 58.5 Å². The van der Waals surface area contributed by atoms with Crippen LogP contribution in [0, 0.1) is 35.5 Å². The van der Waals surface area contributed by atoms with Crippen LogP contribution in [-0.4, -0.2) is 132 Å². The minimum atomic E-state index is -2.43. The van der Waals surface area contributed by atoms with Gasteiger partial charge in [0.05, 0.1) is 24.4 Å². The lowest BCUT2D eigenvalue weighted by Gasteiger charge is -2.42. The number of cyclic esters (lactones) is 1. The third-order valence-electron chi connectivity index (χ3n) is 14.5. The van der Waals surface area contributed by atoms with Crippen molar-refractivity contribution < 1.29 is 63.0 Å². The van der Waals surface area contributed by atoms with Crippen molar-refractivity contribution in [1.82, 2.24) is 4.90 Å². The van der Waals surface area contributed by atoms with Crippen LogP contribution < -0.4 is 0 Å². The van der Waals surface area contributed by atoms with E-state index in [4.69, 9.17) is 23.7 Å². The Hall–Kier alpha value is -3.37. The Morgan fingerprint density at radius 1 is 0.846 bits per heavy atom. The Labute approximate surface area is 387 Å². The number of ketones is 3. The highest BCUT2D eigenvalue weighted by molar-refractivity contribution is 6.39. The summed E-state index contributed by atoms with van der Waals surface area (Å²) in [6, 6.07) is -1.14.